The van der Waals surface area contributed by atoms with Crippen LogP contribution in [0.4, 0.5) is 0 Å². The number of aromatic nitrogens is 1. The first-order valence-electron chi connectivity index (χ1n) is 8.46. The Hall–Kier alpha value is -0.230. The average Bonchev–Trinajstić information content (AvgIpc) is 3.21. The Labute approximate surface area is 239 Å². The minimum atomic E-state index is -5.20. The largest absolute Gasteiger partial charge is 1.00 e. The summed E-state index contributed by atoms with van der Waals surface area (Å²) in [5.74, 6) is 1.44. The van der Waals surface area contributed by atoms with E-state index in [-0.39, 0.29) is 64.9 Å². The molecule has 160 valence electrons. The van der Waals surface area contributed by atoms with Gasteiger partial charge in [-0.2, -0.15) is 4.37 Å². The molecule has 0 saturated heterocycles. The summed E-state index contributed by atoms with van der Waals surface area (Å²) in [5, 5.41) is 0. The summed E-state index contributed by atoms with van der Waals surface area (Å²) in [5.41, 5.74) is 2.16. The normalized spacial score (nSPS) is 10.6. The molecule has 0 radical (unpaired) electrons. The van der Waals surface area contributed by atoms with Crippen LogP contribution in [0.5, 0.6) is 23.0 Å². The predicted octanol–water partition coefficient (Wildman–Crippen LogP) is -2.56. The van der Waals surface area contributed by atoms with Crippen molar-refractivity contribution in [1.29, 1.82) is 0 Å². The molecular formula is C19H18NNa2O7PS2. The van der Waals surface area contributed by atoms with Gasteiger partial charge in [0.1, 0.15) is 13.6 Å². The smallest absolute Gasteiger partial charge is 0.780 e. The first-order chi connectivity index (χ1) is 14.3. The maximum atomic E-state index is 11.1. The van der Waals surface area contributed by atoms with Crippen LogP contribution < -0.4 is 87.6 Å². The Morgan fingerprint density at radius 3 is 2.03 bits per heavy atom. The molecule has 8 nitrogen and oxygen atoms in total. The molecule has 2 aromatic carbocycles. The van der Waals surface area contributed by atoms with Gasteiger partial charge in [-0.05, 0) is 47.6 Å². The van der Waals surface area contributed by atoms with Gasteiger partial charge < -0.3 is 33.1 Å². The Morgan fingerprint density at radius 2 is 1.53 bits per heavy atom. The molecule has 1 heterocycles. The summed E-state index contributed by atoms with van der Waals surface area (Å²) >= 11 is 2.52. The third-order valence-corrected chi connectivity index (χ3v) is 6.23. The number of rotatable bonds is 8. The minimum absolute atomic E-state index is 0. The van der Waals surface area contributed by atoms with Crippen molar-refractivity contribution in [1.82, 2.24) is 4.37 Å². The number of hydrogen-bond acceptors (Lipinski definition) is 10. The van der Waals surface area contributed by atoms with E-state index in [0.29, 0.717) is 27.7 Å². The molecule has 0 N–H and O–H groups in total. The summed E-state index contributed by atoms with van der Waals surface area (Å²) in [6, 6.07) is 8.62. The number of ether oxygens (including phenoxy) is 3. The zero-order valence-electron chi connectivity index (χ0n) is 18.5. The second-order valence-corrected chi connectivity index (χ2v) is 8.61. The predicted molar refractivity (Wildman–Crippen MR) is 113 cm³/mol. The zero-order valence-corrected chi connectivity index (χ0v) is 25.1. The van der Waals surface area contributed by atoms with E-state index in [1.807, 2.05) is 6.07 Å². The summed E-state index contributed by atoms with van der Waals surface area (Å²) in [7, 11) is -0.610. The molecule has 0 atom stereocenters. The number of phosphoric acid groups is 1. The number of phosphoric ester groups is 1. The van der Waals surface area contributed by atoms with Crippen molar-refractivity contribution in [3.8, 4) is 44.6 Å². The summed E-state index contributed by atoms with van der Waals surface area (Å²) in [4.78, 5) is 23.6. The molecule has 0 bridgehead atoms. The topological polar surface area (TPSA) is 113 Å². The van der Waals surface area contributed by atoms with E-state index in [1.54, 1.807) is 30.7 Å². The molecule has 0 amide bonds. The van der Waals surface area contributed by atoms with Crippen LogP contribution in [-0.2, 0) is 4.57 Å². The van der Waals surface area contributed by atoms with Gasteiger partial charge >= 0.3 is 59.1 Å². The Morgan fingerprint density at radius 1 is 0.938 bits per heavy atom. The Balaban J connectivity index is 0.00000256. The molecular weight excluding hydrogens is 495 g/mol. The molecule has 32 heavy (non-hydrogen) atoms. The van der Waals surface area contributed by atoms with Crippen molar-refractivity contribution in [3.63, 3.8) is 0 Å². The Kier molecular flexibility index (Phi) is 12.1. The molecule has 13 heteroatoms. The van der Waals surface area contributed by atoms with Gasteiger partial charge in [-0.25, -0.2) is 0 Å². The summed E-state index contributed by atoms with van der Waals surface area (Å²) < 4.78 is 36.3. The summed E-state index contributed by atoms with van der Waals surface area (Å²) in [6.07, 6.45) is 3.42. The number of methoxy groups -OCH3 is 3. The quantitative estimate of drug-likeness (QED) is 0.182. The van der Waals surface area contributed by atoms with Crippen molar-refractivity contribution in [2.75, 3.05) is 27.6 Å². The van der Waals surface area contributed by atoms with E-state index >= 15 is 0 Å². The van der Waals surface area contributed by atoms with Gasteiger partial charge in [0.2, 0.25) is 5.75 Å². The van der Waals surface area contributed by atoms with E-state index in [4.69, 9.17) is 14.2 Å². The maximum absolute atomic E-state index is 11.1. The number of thioether (sulfide) groups is 1. The standard InChI is InChI=1S/C19H20NO7PS2.2Na/c1-24-15-8-12(9-16(25-2)18(15)26-3)19-13(10-20-30-19)11-5-6-17(29-4)14(7-11)27-28(21,22)23;;/h5-10H,1-4H3,(H2,21,22,23);;/q;2*+1/p-2. The van der Waals surface area contributed by atoms with Crippen LogP contribution in [0.3, 0.4) is 0 Å². The van der Waals surface area contributed by atoms with Gasteiger partial charge in [-0.15, -0.1) is 11.8 Å². The first kappa shape index (κ1) is 29.8. The van der Waals surface area contributed by atoms with Gasteiger partial charge in [-0.1, -0.05) is 6.07 Å². The van der Waals surface area contributed by atoms with E-state index in [1.165, 1.54) is 50.7 Å². The molecule has 3 rings (SSSR count). The van der Waals surface area contributed by atoms with Gasteiger partial charge in [-0.3, -0.25) is 0 Å². The van der Waals surface area contributed by atoms with Crippen molar-refractivity contribution < 1.29 is 92.2 Å². The van der Waals surface area contributed by atoms with Crippen LogP contribution in [0, 0.1) is 0 Å². The fourth-order valence-corrected chi connectivity index (χ4v) is 4.62. The molecule has 0 aliphatic rings. The third kappa shape index (κ3) is 6.90. The molecule has 0 saturated carbocycles. The molecule has 3 aromatic rings. The average molecular weight is 513 g/mol. The second kappa shape index (κ2) is 13.0. The van der Waals surface area contributed by atoms with E-state index < -0.39 is 7.82 Å². The van der Waals surface area contributed by atoms with Gasteiger partial charge in [0, 0.05) is 22.2 Å². The zero-order chi connectivity index (χ0) is 21.9. The Bertz CT molecular complexity index is 1080. The van der Waals surface area contributed by atoms with Crippen LogP contribution in [0.2, 0.25) is 0 Å². The molecule has 0 fully saturated rings. The fourth-order valence-electron chi connectivity index (χ4n) is 2.90. The maximum Gasteiger partial charge on any atom is 1.00 e. The van der Waals surface area contributed by atoms with E-state index in [9.17, 15) is 14.4 Å². The number of hydrogen-bond donors (Lipinski definition) is 0. The van der Waals surface area contributed by atoms with Gasteiger partial charge in [0.05, 0.1) is 26.2 Å². The monoisotopic (exact) mass is 513 g/mol. The van der Waals surface area contributed by atoms with Crippen LogP contribution in [0.1, 0.15) is 0 Å². The van der Waals surface area contributed by atoms with Crippen molar-refractivity contribution in [2.24, 2.45) is 0 Å². The van der Waals surface area contributed by atoms with Crippen LogP contribution in [0.15, 0.2) is 41.4 Å². The van der Waals surface area contributed by atoms with E-state index in [0.717, 1.165) is 16.0 Å². The minimum Gasteiger partial charge on any atom is -0.780 e. The van der Waals surface area contributed by atoms with Gasteiger partial charge in [0.25, 0.3) is 0 Å². The van der Waals surface area contributed by atoms with Crippen LogP contribution >= 0.6 is 31.1 Å². The summed E-state index contributed by atoms with van der Waals surface area (Å²) in [6.45, 7) is 0. The van der Waals surface area contributed by atoms with Crippen molar-refractivity contribution >= 4 is 31.1 Å². The fraction of sp³-hybridized carbons (Fsp3) is 0.211. The van der Waals surface area contributed by atoms with E-state index in [2.05, 4.69) is 8.90 Å². The molecule has 0 aliphatic heterocycles. The van der Waals surface area contributed by atoms with Crippen LogP contribution in [0.25, 0.3) is 21.6 Å². The third-order valence-electron chi connectivity index (χ3n) is 4.18. The van der Waals surface area contributed by atoms with Crippen LogP contribution in [-0.4, -0.2) is 32.0 Å². The second-order valence-electron chi connectivity index (χ2n) is 5.89. The first-order valence-corrected chi connectivity index (χ1v) is 11.9. The van der Waals surface area contributed by atoms with Gasteiger partial charge in [0.15, 0.2) is 11.5 Å². The molecule has 0 aliphatic carbocycles. The number of nitrogens with zero attached hydrogens (tertiary/aromatic N) is 1. The van der Waals surface area contributed by atoms with Crippen molar-refractivity contribution in [3.05, 3.63) is 36.5 Å². The number of benzene rings is 2. The molecule has 1 aromatic heterocycles. The van der Waals surface area contributed by atoms with Crippen molar-refractivity contribution in [2.45, 2.75) is 4.90 Å². The molecule has 0 spiro atoms. The SMILES string of the molecule is COc1cc(-c2sncc2-c2ccc(SC)c(OP(=O)([O-])[O-])c2)cc(OC)c1OC.[Na+].[Na+]. The molecule has 0 unspecified atom stereocenters.